The second-order valence-electron chi connectivity index (χ2n) is 5.72. The van der Waals surface area contributed by atoms with Crippen molar-refractivity contribution in [2.45, 2.75) is 43.8 Å². The average molecular weight is 305 g/mol. The minimum absolute atomic E-state index is 0.0415. The van der Waals surface area contributed by atoms with E-state index < -0.39 is 5.97 Å². The average Bonchev–Trinajstić information content (AvgIpc) is 2.84. The van der Waals surface area contributed by atoms with E-state index in [1.54, 1.807) is 12.4 Å². The van der Waals surface area contributed by atoms with Gasteiger partial charge in [0.1, 0.15) is 5.52 Å². The Bertz CT molecular complexity index is 647. The van der Waals surface area contributed by atoms with Crippen LogP contribution in [0.5, 0.6) is 0 Å². The van der Waals surface area contributed by atoms with Gasteiger partial charge in [0.05, 0.1) is 17.5 Å². The van der Waals surface area contributed by atoms with E-state index in [1.165, 1.54) is 24.6 Å². The summed E-state index contributed by atoms with van der Waals surface area (Å²) in [5.74, 6) is 0.0155. The lowest BCUT2D eigenvalue weighted by Gasteiger charge is -2.28. The SMILES string of the molecule is CC1CCC(n2c(SCC(=O)O)nc3cnccc32)CC1. The zero-order valence-electron chi connectivity index (χ0n) is 12.0. The van der Waals surface area contributed by atoms with E-state index in [1.807, 2.05) is 6.07 Å². The summed E-state index contributed by atoms with van der Waals surface area (Å²) in [6.45, 7) is 2.30. The first-order valence-electron chi connectivity index (χ1n) is 7.31. The number of aromatic nitrogens is 3. The van der Waals surface area contributed by atoms with Gasteiger partial charge in [0.2, 0.25) is 0 Å². The third-order valence-corrected chi connectivity index (χ3v) is 5.07. The van der Waals surface area contributed by atoms with E-state index in [0.29, 0.717) is 6.04 Å². The number of carbonyl (C=O) groups is 1. The molecule has 3 rings (SSSR count). The maximum Gasteiger partial charge on any atom is 0.313 e. The number of pyridine rings is 1. The van der Waals surface area contributed by atoms with Crippen LogP contribution in [0.2, 0.25) is 0 Å². The van der Waals surface area contributed by atoms with Crippen molar-refractivity contribution in [3.63, 3.8) is 0 Å². The molecule has 0 spiro atoms. The summed E-state index contributed by atoms with van der Waals surface area (Å²) in [6.07, 6.45) is 8.24. The van der Waals surface area contributed by atoms with Crippen LogP contribution in [0.4, 0.5) is 0 Å². The van der Waals surface area contributed by atoms with Crippen molar-refractivity contribution in [3.05, 3.63) is 18.5 Å². The molecule has 2 aromatic heterocycles. The summed E-state index contributed by atoms with van der Waals surface area (Å²) in [4.78, 5) is 19.5. The molecular weight excluding hydrogens is 286 g/mol. The number of thioether (sulfide) groups is 1. The van der Waals surface area contributed by atoms with Crippen LogP contribution in [-0.4, -0.2) is 31.4 Å². The standard InChI is InChI=1S/C15H19N3O2S/c1-10-2-4-11(5-3-10)18-13-6-7-16-8-12(13)17-15(18)21-9-14(19)20/h6-8,10-11H,2-5,9H2,1H3,(H,19,20). The molecule has 0 aromatic carbocycles. The monoisotopic (exact) mass is 305 g/mol. The second kappa shape index (κ2) is 6.05. The van der Waals surface area contributed by atoms with Crippen molar-refractivity contribution in [2.24, 2.45) is 5.92 Å². The highest BCUT2D eigenvalue weighted by Gasteiger charge is 2.24. The summed E-state index contributed by atoms with van der Waals surface area (Å²) < 4.78 is 2.23. The van der Waals surface area contributed by atoms with Gasteiger partial charge in [-0.2, -0.15) is 0 Å². The molecule has 0 amide bonds. The fourth-order valence-electron chi connectivity index (χ4n) is 3.01. The molecule has 0 atom stereocenters. The van der Waals surface area contributed by atoms with Gasteiger partial charge in [-0.1, -0.05) is 18.7 Å². The van der Waals surface area contributed by atoms with Crippen molar-refractivity contribution in [2.75, 3.05) is 5.75 Å². The number of hydrogen-bond acceptors (Lipinski definition) is 4. The third kappa shape index (κ3) is 3.05. The van der Waals surface area contributed by atoms with Gasteiger partial charge in [-0.3, -0.25) is 9.78 Å². The highest BCUT2D eigenvalue weighted by molar-refractivity contribution is 7.99. The molecule has 112 valence electrons. The summed E-state index contributed by atoms with van der Waals surface area (Å²) in [5.41, 5.74) is 1.92. The molecule has 1 N–H and O–H groups in total. The van der Waals surface area contributed by atoms with E-state index in [2.05, 4.69) is 21.5 Å². The van der Waals surface area contributed by atoms with Gasteiger partial charge < -0.3 is 9.67 Å². The molecular formula is C15H19N3O2S. The number of carboxylic acid groups (broad SMARTS) is 1. The Hall–Kier alpha value is -1.56. The zero-order chi connectivity index (χ0) is 14.8. The van der Waals surface area contributed by atoms with Crippen LogP contribution in [0.3, 0.4) is 0 Å². The Kier molecular flexibility index (Phi) is 4.14. The molecule has 0 radical (unpaired) electrons. The highest BCUT2D eigenvalue weighted by atomic mass is 32.2. The Labute approximate surface area is 127 Å². The van der Waals surface area contributed by atoms with E-state index >= 15 is 0 Å². The van der Waals surface area contributed by atoms with Crippen molar-refractivity contribution in [3.8, 4) is 0 Å². The molecule has 6 heteroatoms. The lowest BCUT2D eigenvalue weighted by Crippen LogP contribution is -2.17. The quantitative estimate of drug-likeness (QED) is 0.877. The van der Waals surface area contributed by atoms with E-state index in [4.69, 9.17) is 5.11 Å². The number of fused-ring (bicyclic) bond motifs is 1. The topological polar surface area (TPSA) is 68.0 Å². The fourth-order valence-corrected chi connectivity index (χ4v) is 3.81. The minimum atomic E-state index is -0.811. The highest BCUT2D eigenvalue weighted by Crippen LogP contribution is 2.37. The molecule has 1 fully saturated rings. The molecule has 1 aliphatic rings. The van der Waals surface area contributed by atoms with Crippen LogP contribution in [0, 0.1) is 5.92 Å². The summed E-state index contributed by atoms with van der Waals surface area (Å²) >= 11 is 1.30. The van der Waals surface area contributed by atoms with E-state index in [0.717, 1.165) is 34.9 Å². The Morgan fingerprint density at radius 1 is 1.43 bits per heavy atom. The number of hydrogen-bond donors (Lipinski definition) is 1. The van der Waals surface area contributed by atoms with Gasteiger partial charge in [0, 0.05) is 12.2 Å². The predicted molar refractivity (Wildman–Crippen MR) is 82.6 cm³/mol. The van der Waals surface area contributed by atoms with Gasteiger partial charge in [-0.15, -0.1) is 0 Å². The molecule has 0 unspecified atom stereocenters. The van der Waals surface area contributed by atoms with Crippen LogP contribution < -0.4 is 0 Å². The van der Waals surface area contributed by atoms with Crippen molar-refractivity contribution in [1.82, 2.24) is 14.5 Å². The summed E-state index contributed by atoms with van der Waals surface area (Å²) in [6, 6.07) is 2.40. The van der Waals surface area contributed by atoms with Crippen LogP contribution in [-0.2, 0) is 4.79 Å². The largest absolute Gasteiger partial charge is 0.481 e. The van der Waals surface area contributed by atoms with Gasteiger partial charge in [-0.05, 0) is 37.7 Å². The fraction of sp³-hybridized carbons (Fsp3) is 0.533. The van der Waals surface area contributed by atoms with Crippen LogP contribution in [0.1, 0.15) is 38.6 Å². The number of imidazole rings is 1. The van der Waals surface area contributed by atoms with Crippen LogP contribution in [0.15, 0.2) is 23.6 Å². The maximum atomic E-state index is 10.8. The molecule has 2 aromatic rings. The summed E-state index contributed by atoms with van der Waals surface area (Å²) in [5, 5.41) is 9.72. The zero-order valence-corrected chi connectivity index (χ0v) is 12.8. The first kappa shape index (κ1) is 14.4. The van der Waals surface area contributed by atoms with E-state index in [9.17, 15) is 4.79 Å². The molecule has 0 aliphatic heterocycles. The molecule has 0 saturated heterocycles. The first-order valence-corrected chi connectivity index (χ1v) is 8.30. The lowest BCUT2D eigenvalue weighted by atomic mass is 9.87. The molecule has 5 nitrogen and oxygen atoms in total. The van der Waals surface area contributed by atoms with Gasteiger partial charge >= 0.3 is 5.97 Å². The Balaban J connectivity index is 1.96. The lowest BCUT2D eigenvalue weighted by molar-refractivity contribution is -0.133. The number of aliphatic carboxylic acids is 1. The maximum absolute atomic E-state index is 10.8. The molecule has 21 heavy (non-hydrogen) atoms. The van der Waals surface area contributed by atoms with Crippen molar-refractivity contribution >= 4 is 28.8 Å². The van der Waals surface area contributed by atoms with Gasteiger partial charge in [-0.25, -0.2) is 4.98 Å². The number of rotatable bonds is 4. The van der Waals surface area contributed by atoms with Crippen LogP contribution in [0.25, 0.3) is 11.0 Å². The molecule has 1 aliphatic carbocycles. The third-order valence-electron chi connectivity index (χ3n) is 4.13. The van der Waals surface area contributed by atoms with Gasteiger partial charge in [0.15, 0.2) is 5.16 Å². The van der Waals surface area contributed by atoms with Crippen molar-refractivity contribution in [1.29, 1.82) is 0 Å². The predicted octanol–water partition coefficient (Wildman–Crippen LogP) is 3.36. The van der Waals surface area contributed by atoms with Crippen molar-refractivity contribution < 1.29 is 9.90 Å². The smallest absolute Gasteiger partial charge is 0.313 e. The summed E-state index contributed by atoms with van der Waals surface area (Å²) in [7, 11) is 0. The normalized spacial score (nSPS) is 22.5. The van der Waals surface area contributed by atoms with Gasteiger partial charge in [0.25, 0.3) is 0 Å². The Morgan fingerprint density at radius 2 is 2.19 bits per heavy atom. The second-order valence-corrected chi connectivity index (χ2v) is 6.67. The number of nitrogens with zero attached hydrogens (tertiary/aromatic N) is 3. The molecule has 2 heterocycles. The van der Waals surface area contributed by atoms with Crippen LogP contribution >= 0.6 is 11.8 Å². The first-order chi connectivity index (χ1) is 10.1. The molecule has 1 saturated carbocycles. The van der Waals surface area contributed by atoms with E-state index in [-0.39, 0.29) is 5.75 Å². The minimum Gasteiger partial charge on any atom is -0.481 e. The molecule has 0 bridgehead atoms. The number of carboxylic acids is 1. The Morgan fingerprint density at radius 3 is 2.90 bits per heavy atom.